The van der Waals surface area contributed by atoms with Gasteiger partial charge in [-0.1, -0.05) is 251 Å². The van der Waals surface area contributed by atoms with Crippen molar-refractivity contribution in [2.45, 2.75) is 251 Å². The van der Waals surface area contributed by atoms with E-state index < -0.39 is 26.5 Å². The highest BCUT2D eigenvalue weighted by Crippen LogP contribution is 2.43. The molecule has 0 aromatic heterocycles. The number of esters is 2. The van der Waals surface area contributed by atoms with Crippen LogP contribution in [-0.4, -0.2) is 74.9 Å². The molecular formula is C68H117NO8P+. The van der Waals surface area contributed by atoms with Gasteiger partial charge in [-0.2, -0.15) is 0 Å². The summed E-state index contributed by atoms with van der Waals surface area (Å²) in [4.78, 5) is 35.8. The standard InChI is InChI=1S/C68H116NO8P/c1-6-8-10-12-14-16-18-20-22-24-26-28-30-32-34-36-38-40-42-44-46-48-50-52-54-56-58-60-67(70)74-64-66(65-76-78(72,73)75-63-62-69(3,4)5)77-68(71)61-59-57-55-53-51-49-47-45-43-41-39-37-35-33-31-29-27-25-23-21-19-17-15-13-11-9-7-2/h8-11,14-17,20-23,26-29,32-35,66H,6-7,12-13,18-19,24-25,30-31,36-65H2,1-5H3/p+1/b10-8-,11-9-,16-14-,17-15-,22-20-,23-21-,28-26-,29-27-,34-32-,35-33-. The van der Waals surface area contributed by atoms with Gasteiger partial charge in [-0.3, -0.25) is 18.6 Å². The summed E-state index contributed by atoms with van der Waals surface area (Å²) in [6.07, 6.45) is 82.7. The zero-order valence-electron chi connectivity index (χ0n) is 50.6. The molecule has 0 aromatic carbocycles. The number of carbonyl (C=O) groups is 2. The molecule has 0 aliphatic carbocycles. The summed E-state index contributed by atoms with van der Waals surface area (Å²) in [7, 11) is 1.46. The summed E-state index contributed by atoms with van der Waals surface area (Å²) in [5.74, 6) is -0.807. The smallest absolute Gasteiger partial charge is 0.462 e. The zero-order valence-corrected chi connectivity index (χ0v) is 51.5. The number of rotatable bonds is 56. The monoisotopic (exact) mass is 1110 g/mol. The average Bonchev–Trinajstić information content (AvgIpc) is 3.41. The predicted octanol–water partition coefficient (Wildman–Crippen LogP) is 19.9. The Balaban J connectivity index is 4.16. The molecule has 0 bridgehead atoms. The molecule has 9 nitrogen and oxygen atoms in total. The molecular weight excluding hydrogens is 990 g/mol. The van der Waals surface area contributed by atoms with Crippen LogP contribution in [0.4, 0.5) is 0 Å². The maximum atomic E-state index is 12.8. The number of nitrogens with zero attached hydrogens (tertiary/aromatic N) is 1. The minimum atomic E-state index is -4.40. The van der Waals surface area contributed by atoms with E-state index in [4.69, 9.17) is 18.5 Å². The third-order valence-electron chi connectivity index (χ3n) is 13.0. The summed E-state index contributed by atoms with van der Waals surface area (Å²) in [5.41, 5.74) is 0. The molecule has 78 heavy (non-hydrogen) atoms. The molecule has 0 aliphatic heterocycles. The minimum Gasteiger partial charge on any atom is -0.462 e. The van der Waals surface area contributed by atoms with Gasteiger partial charge in [-0.15, -0.1) is 0 Å². The molecule has 0 spiro atoms. The first-order chi connectivity index (χ1) is 38.0. The molecule has 10 heteroatoms. The van der Waals surface area contributed by atoms with Gasteiger partial charge in [0.05, 0.1) is 27.7 Å². The first-order valence-corrected chi connectivity index (χ1v) is 32.8. The number of allylic oxidation sites excluding steroid dienone is 20. The second-order valence-corrected chi connectivity index (χ2v) is 23.1. The number of phosphoric acid groups is 1. The van der Waals surface area contributed by atoms with Crippen LogP contribution < -0.4 is 0 Å². The molecule has 0 saturated heterocycles. The molecule has 1 N–H and O–H groups in total. The predicted molar refractivity (Wildman–Crippen MR) is 334 cm³/mol. The summed E-state index contributed by atoms with van der Waals surface area (Å²) in [6.45, 7) is 4.20. The fourth-order valence-corrected chi connectivity index (χ4v) is 8.99. The largest absolute Gasteiger partial charge is 0.472 e. The topological polar surface area (TPSA) is 108 Å². The van der Waals surface area contributed by atoms with Crippen molar-refractivity contribution in [3.63, 3.8) is 0 Å². The van der Waals surface area contributed by atoms with E-state index >= 15 is 0 Å². The van der Waals surface area contributed by atoms with E-state index in [1.54, 1.807) is 0 Å². The molecule has 2 atom stereocenters. The van der Waals surface area contributed by atoms with Crippen molar-refractivity contribution >= 4 is 19.8 Å². The van der Waals surface area contributed by atoms with Crippen LogP contribution in [0.3, 0.4) is 0 Å². The number of likely N-dealkylation sites (N-methyl/N-ethyl adjacent to an activating group) is 1. The Morgan fingerprint density at radius 2 is 0.692 bits per heavy atom. The summed E-state index contributed by atoms with van der Waals surface area (Å²) < 4.78 is 34.6. The number of phosphoric ester groups is 1. The number of hydrogen-bond donors (Lipinski definition) is 1. The summed E-state index contributed by atoms with van der Waals surface area (Å²) >= 11 is 0. The maximum absolute atomic E-state index is 12.8. The molecule has 0 fully saturated rings. The second-order valence-electron chi connectivity index (χ2n) is 21.7. The van der Waals surface area contributed by atoms with Crippen molar-refractivity contribution in [1.29, 1.82) is 0 Å². The lowest BCUT2D eigenvalue weighted by Gasteiger charge is -2.24. The Labute approximate surface area is 479 Å². The molecule has 0 aromatic rings. The van der Waals surface area contributed by atoms with Crippen LogP contribution in [0.5, 0.6) is 0 Å². The molecule has 0 aliphatic rings. The number of carbonyl (C=O) groups excluding carboxylic acids is 2. The first kappa shape index (κ1) is 74.4. The lowest BCUT2D eigenvalue weighted by atomic mass is 10.0. The van der Waals surface area contributed by atoms with E-state index in [0.717, 1.165) is 109 Å². The Bertz CT molecular complexity index is 1730. The van der Waals surface area contributed by atoms with Crippen molar-refractivity contribution in [2.24, 2.45) is 0 Å². The molecule has 0 radical (unpaired) electrons. The van der Waals surface area contributed by atoms with E-state index in [9.17, 15) is 19.0 Å². The van der Waals surface area contributed by atoms with Gasteiger partial charge >= 0.3 is 19.8 Å². The molecule has 0 rings (SSSR count). The van der Waals surface area contributed by atoms with Crippen LogP contribution >= 0.6 is 7.82 Å². The quantitative estimate of drug-likeness (QED) is 0.0211. The van der Waals surface area contributed by atoms with Gasteiger partial charge in [-0.05, 0) is 103 Å². The van der Waals surface area contributed by atoms with Crippen molar-refractivity contribution < 1.29 is 42.1 Å². The highest BCUT2D eigenvalue weighted by atomic mass is 31.2. The number of quaternary nitrogens is 1. The van der Waals surface area contributed by atoms with Gasteiger partial charge in [0.2, 0.25) is 0 Å². The van der Waals surface area contributed by atoms with Gasteiger partial charge in [0.1, 0.15) is 19.8 Å². The maximum Gasteiger partial charge on any atom is 0.472 e. The second kappa shape index (κ2) is 58.1. The van der Waals surface area contributed by atoms with Crippen LogP contribution in [-0.2, 0) is 32.7 Å². The highest BCUT2D eigenvalue weighted by molar-refractivity contribution is 7.47. The lowest BCUT2D eigenvalue weighted by Crippen LogP contribution is -2.37. The fourth-order valence-electron chi connectivity index (χ4n) is 8.25. The van der Waals surface area contributed by atoms with Crippen LogP contribution in [0.15, 0.2) is 122 Å². The lowest BCUT2D eigenvalue weighted by molar-refractivity contribution is -0.870. The average molecular weight is 1110 g/mol. The SMILES string of the molecule is CC/C=C\C/C=C\C/C=C\C/C=C\C/C=C\CCCCCCCCCCCCCC(=O)OCC(COP(=O)(O)OCC[N+](C)(C)C)OC(=O)CCCCCCCCCCCCC/C=C\C/C=C\C/C=C\C/C=C\C/C=C\CC. The van der Waals surface area contributed by atoms with Crippen molar-refractivity contribution in [1.82, 2.24) is 0 Å². The minimum absolute atomic E-state index is 0.0250. The van der Waals surface area contributed by atoms with E-state index in [1.807, 2.05) is 21.1 Å². The number of ether oxygens (including phenoxy) is 2. The highest BCUT2D eigenvalue weighted by Gasteiger charge is 2.27. The molecule has 0 saturated carbocycles. The fraction of sp³-hybridized carbons (Fsp3) is 0.676. The number of hydrogen-bond acceptors (Lipinski definition) is 7. The summed E-state index contributed by atoms with van der Waals surface area (Å²) in [5, 5.41) is 0. The third kappa shape index (κ3) is 61.6. The molecule has 2 unspecified atom stereocenters. The van der Waals surface area contributed by atoms with Crippen LogP contribution in [0, 0.1) is 0 Å². The van der Waals surface area contributed by atoms with Gasteiger partial charge in [-0.25, -0.2) is 4.57 Å². The Morgan fingerprint density at radius 1 is 0.397 bits per heavy atom. The molecule has 0 heterocycles. The third-order valence-corrected chi connectivity index (χ3v) is 14.0. The van der Waals surface area contributed by atoms with Gasteiger partial charge < -0.3 is 18.9 Å². The van der Waals surface area contributed by atoms with Crippen LogP contribution in [0.25, 0.3) is 0 Å². The van der Waals surface area contributed by atoms with Crippen molar-refractivity contribution in [2.75, 3.05) is 47.5 Å². The van der Waals surface area contributed by atoms with Crippen molar-refractivity contribution in [3.05, 3.63) is 122 Å². The Morgan fingerprint density at radius 3 is 1.03 bits per heavy atom. The van der Waals surface area contributed by atoms with E-state index in [1.165, 1.54) is 103 Å². The summed E-state index contributed by atoms with van der Waals surface area (Å²) in [6, 6.07) is 0. The molecule has 446 valence electrons. The van der Waals surface area contributed by atoms with Crippen LogP contribution in [0.2, 0.25) is 0 Å². The van der Waals surface area contributed by atoms with E-state index in [-0.39, 0.29) is 32.0 Å². The van der Waals surface area contributed by atoms with Crippen LogP contribution in [0.1, 0.15) is 245 Å². The normalized spacial score (nSPS) is 14.1. The van der Waals surface area contributed by atoms with Gasteiger partial charge in [0.15, 0.2) is 6.10 Å². The van der Waals surface area contributed by atoms with E-state index in [2.05, 4.69) is 135 Å². The van der Waals surface area contributed by atoms with Crippen molar-refractivity contribution in [3.8, 4) is 0 Å². The first-order valence-electron chi connectivity index (χ1n) is 31.3. The Kier molecular flexibility index (Phi) is 55.4. The number of unbranched alkanes of at least 4 members (excludes halogenated alkanes) is 22. The van der Waals surface area contributed by atoms with Gasteiger partial charge in [0.25, 0.3) is 0 Å². The Hall–Kier alpha value is -3.59. The van der Waals surface area contributed by atoms with E-state index in [0.29, 0.717) is 17.4 Å². The van der Waals surface area contributed by atoms with Gasteiger partial charge in [0, 0.05) is 12.8 Å². The molecule has 0 amide bonds. The zero-order chi connectivity index (χ0) is 57.0.